The molecule has 0 spiro atoms. The topological polar surface area (TPSA) is 29.1 Å². The van der Waals surface area contributed by atoms with Gasteiger partial charge in [-0.1, -0.05) is 30.3 Å². The van der Waals surface area contributed by atoms with Crippen LogP contribution in [0.25, 0.3) is 0 Å². The summed E-state index contributed by atoms with van der Waals surface area (Å²) in [5.41, 5.74) is 2.57. The van der Waals surface area contributed by atoms with Crippen LogP contribution in [0.2, 0.25) is 0 Å². The maximum atomic E-state index is 13.6. The van der Waals surface area contributed by atoms with E-state index in [4.69, 9.17) is 0 Å². The first-order valence-electron chi connectivity index (χ1n) is 6.87. The van der Waals surface area contributed by atoms with Crippen molar-refractivity contribution in [3.63, 3.8) is 0 Å². The van der Waals surface area contributed by atoms with Gasteiger partial charge in [0.05, 0.1) is 4.47 Å². The SMILES string of the molecule is Cc1cc(Br)c(F)cc1NC(=O)C1CC1c1ccccc1. The van der Waals surface area contributed by atoms with Crippen LogP contribution in [-0.2, 0) is 4.79 Å². The van der Waals surface area contributed by atoms with Gasteiger partial charge in [0.2, 0.25) is 5.91 Å². The summed E-state index contributed by atoms with van der Waals surface area (Å²) in [6.07, 6.45) is 0.855. The number of carbonyl (C=O) groups excluding carboxylic acids is 1. The van der Waals surface area contributed by atoms with Crippen LogP contribution in [0, 0.1) is 18.7 Å². The molecule has 2 atom stereocenters. The average Bonchev–Trinajstić information content (AvgIpc) is 3.26. The molecule has 1 aliphatic carbocycles. The molecule has 3 rings (SSSR count). The van der Waals surface area contributed by atoms with Crippen molar-refractivity contribution < 1.29 is 9.18 Å². The lowest BCUT2D eigenvalue weighted by Gasteiger charge is -2.09. The third-order valence-corrected chi connectivity index (χ3v) is 4.49. The molecule has 1 saturated carbocycles. The Morgan fingerprint density at radius 3 is 2.71 bits per heavy atom. The summed E-state index contributed by atoms with van der Waals surface area (Å²) >= 11 is 3.14. The third kappa shape index (κ3) is 3.00. The molecule has 1 fully saturated rings. The van der Waals surface area contributed by atoms with Crippen molar-refractivity contribution in [2.24, 2.45) is 5.92 Å². The Labute approximate surface area is 131 Å². The van der Waals surface area contributed by atoms with E-state index in [0.29, 0.717) is 10.2 Å². The number of halogens is 2. The van der Waals surface area contributed by atoms with E-state index in [9.17, 15) is 9.18 Å². The van der Waals surface area contributed by atoms with E-state index in [-0.39, 0.29) is 23.6 Å². The Bertz CT molecular complexity index is 687. The van der Waals surface area contributed by atoms with Gasteiger partial charge in [0, 0.05) is 11.6 Å². The normalized spacial score (nSPS) is 20.1. The van der Waals surface area contributed by atoms with Gasteiger partial charge < -0.3 is 5.32 Å². The van der Waals surface area contributed by atoms with Crippen LogP contribution in [-0.4, -0.2) is 5.91 Å². The van der Waals surface area contributed by atoms with E-state index >= 15 is 0 Å². The van der Waals surface area contributed by atoms with Crippen molar-refractivity contribution in [3.8, 4) is 0 Å². The first-order chi connectivity index (χ1) is 10.1. The average molecular weight is 348 g/mol. The van der Waals surface area contributed by atoms with Crippen LogP contribution in [0.15, 0.2) is 46.9 Å². The fourth-order valence-corrected chi connectivity index (χ4v) is 3.02. The maximum Gasteiger partial charge on any atom is 0.228 e. The van der Waals surface area contributed by atoms with Gasteiger partial charge in [0.15, 0.2) is 0 Å². The molecule has 108 valence electrons. The second-order valence-corrected chi connectivity index (χ2v) is 6.28. The highest BCUT2D eigenvalue weighted by Crippen LogP contribution is 2.48. The Kier molecular flexibility index (Phi) is 3.81. The first-order valence-corrected chi connectivity index (χ1v) is 7.67. The van der Waals surface area contributed by atoms with Crippen LogP contribution in [0.1, 0.15) is 23.5 Å². The minimum atomic E-state index is -0.369. The Hall–Kier alpha value is -1.68. The second kappa shape index (κ2) is 5.60. The first kappa shape index (κ1) is 14.3. The number of amides is 1. The van der Waals surface area contributed by atoms with E-state index < -0.39 is 0 Å². The molecule has 4 heteroatoms. The standard InChI is InChI=1S/C17H15BrFNO/c1-10-7-14(18)15(19)9-16(10)20-17(21)13-8-12(13)11-5-3-2-4-6-11/h2-7,9,12-13H,8H2,1H3,(H,20,21). The van der Waals surface area contributed by atoms with Crippen molar-refractivity contribution in [2.45, 2.75) is 19.3 Å². The fraction of sp³-hybridized carbons (Fsp3) is 0.235. The molecule has 0 aromatic heterocycles. The van der Waals surface area contributed by atoms with E-state index in [1.165, 1.54) is 11.6 Å². The zero-order valence-electron chi connectivity index (χ0n) is 11.6. The van der Waals surface area contributed by atoms with Gasteiger partial charge >= 0.3 is 0 Å². The lowest BCUT2D eigenvalue weighted by atomic mass is 10.1. The predicted molar refractivity (Wildman–Crippen MR) is 84.8 cm³/mol. The molecule has 2 aromatic carbocycles. The molecule has 0 aliphatic heterocycles. The highest BCUT2D eigenvalue weighted by Gasteiger charge is 2.43. The minimum absolute atomic E-state index is 0.0153. The molecular weight excluding hydrogens is 333 g/mol. The highest BCUT2D eigenvalue weighted by molar-refractivity contribution is 9.10. The summed E-state index contributed by atoms with van der Waals surface area (Å²) in [4.78, 5) is 12.3. The summed E-state index contributed by atoms with van der Waals surface area (Å²) in [6.45, 7) is 1.85. The number of carbonyl (C=O) groups is 1. The molecule has 0 saturated heterocycles. The predicted octanol–water partition coefficient (Wildman–Crippen LogP) is 4.64. The smallest absolute Gasteiger partial charge is 0.228 e. The zero-order valence-corrected chi connectivity index (χ0v) is 13.2. The number of anilines is 1. The Morgan fingerprint density at radius 1 is 1.29 bits per heavy atom. The molecule has 2 aromatic rings. The number of rotatable bonds is 3. The summed E-state index contributed by atoms with van der Waals surface area (Å²) in [5, 5.41) is 2.84. The quantitative estimate of drug-likeness (QED) is 0.860. The molecule has 1 aliphatic rings. The molecular formula is C17H15BrFNO. The van der Waals surface area contributed by atoms with Crippen molar-refractivity contribution in [3.05, 3.63) is 63.9 Å². The van der Waals surface area contributed by atoms with Gasteiger partial charge in [-0.15, -0.1) is 0 Å². The number of hydrogen-bond donors (Lipinski definition) is 1. The van der Waals surface area contributed by atoms with Crippen LogP contribution >= 0.6 is 15.9 Å². The van der Waals surface area contributed by atoms with Gasteiger partial charge in [-0.3, -0.25) is 4.79 Å². The highest BCUT2D eigenvalue weighted by atomic mass is 79.9. The fourth-order valence-electron chi connectivity index (χ4n) is 2.56. The monoisotopic (exact) mass is 347 g/mol. The van der Waals surface area contributed by atoms with Crippen molar-refractivity contribution >= 4 is 27.5 Å². The molecule has 0 radical (unpaired) electrons. The largest absolute Gasteiger partial charge is 0.325 e. The Balaban J connectivity index is 1.70. The van der Waals surface area contributed by atoms with Crippen molar-refractivity contribution in [1.82, 2.24) is 0 Å². The van der Waals surface area contributed by atoms with Crippen LogP contribution in [0.5, 0.6) is 0 Å². The number of benzene rings is 2. The second-order valence-electron chi connectivity index (χ2n) is 5.43. The Morgan fingerprint density at radius 2 is 2.00 bits per heavy atom. The molecule has 0 bridgehead atoms. The van der Waals surface area contributed by atoms with E-state index in [2.05, 4.69) is 21.2 Å². The molecule has 1 amide bonds. The summed E-state index contributed by atoms with van der Waals surface area (Å²) in [7, 11) is 0. The number of nitrogens with one attached hydrogen (secondary N) is 1. The van der Waals surface area contributed by atoms with Gasteiger partial charge in [-0.2, -0.15) is 0 Å². The van der Waals surface area contributed by atoms with E-state index in [1.807, 2.05) is 37.3 Å². The van der Waals surface area contributed by atoms with Crippen LogP contribution < -0.4 is 5.32 Å². The van der Waals surface area contributed by atoms with Gasteiger partial charge in [0.1, 0.15) is 5.82 Å². The lowest BCUT2D eigenvalue weighted by Crippen LogP contribution is -2.15. The van der Waals surface area contributed by atoms with Crippen molar-refractivity contribution in [1.29, 1.82) is 0 Å². The molecule has 2 unspecified atom stereocenters. The van der Waals surface area contributed by atoms with Gasteiger partial charge in [0.25, 0.3) is 0 Å². The van der Waals surface area contributed by atoms with Crippen molar-refractivity contribution in [2.75, 3.05) is 5.32 Å². The minimum Gasteiger partial charge on any atom is -0.325 e. The summed E-state index contributed by atoms with van der Waals surface area (Å²) in [5.74, 6) is -0.134. The molecule has 2 nitrogen and oxygen atoms in total. The van der Waals surface area contributed by atoms with Gasteiger partial charge in [-0.25, -0.2) is 4.39 Å². The number of hydrogen-bond acceptors (Lipinski definition) is 1. The third-order valence-electron chi connectivity index (χ3n) is 3.88. The van der Waals surface area contributed by atoms with E-state index in [0.717, 1.165) is 12.0 Å². The van der Waals surface area contributed by atoms with E-state index in [1.54, 1.807) is 6.07 Å². The summed E-state index contributed by atoms with van der Waals surface area (Å²) in [6, 6.07) is 13.1. The number of aryl methyl sites for hydroxylation is 1. The summed E-state index contributed by atoms with van der Waals surface area (Å²) < 4.78 is 14.0. The zero-order chi connectivity index (χ0) is 15.0. The molecule has 0 heterocycles. The lowest BCUT2D eigenvalue weighted by molar-refractivity contribution is -0.117. The van der Waals surface area contributed by atoms with Crippen LogP contribution in [0.4, 0.5) is 10.1 Å². The van der Waals surface area contributed by atoms with Gasteiger partial charge in [-0.05, 0) is 58.5 Å². The molecule has 21 heavy (non-hydrogen) atoms. The van der Waals surface area contributed by atoms with Crippen LogP contribution in [0.3, 0.4) is 0 Å². The molecule has 1 N–H and O–H groups in total. The maximum absolute atomic E-state index is 13.6.